The highest BCUT2D eigenvalue weighted by atomic mass is 19.3. The number of unbranched alkanes of at least 4 members (excludes halogenated alkanes) is 2. The summed E-state index contributed by atoms with van der Waals surface area (Å²) in [6, 6.07) is 5.03. The molecule has 1 aromatic rings. The van der Waals surface area contributed by atoms with E-state index in [1.165, 1.54) is 75.6 Å². The Morgan fingerprint density at radius 1 is 0.806 bits per heavy atom. The number of benzene rings is 1. The smallest absolute Gasteiger partial charge is 0.400 e. The highest BCUT2D eigenvalue weighted by Gasteiger charge is 2.63. The lowest BCUT2D eigenvalue weighted by Crippen LogP contribution is -2.38. The second-order valence-electron chi connectivity index (χ2n) is 11.3. The summed E-state index contributed by atoms with van der Waals surface area (Å²) in [4.78, 5) is 0.863. The fraction of sp³-hybridized carbons (Fsp3) is 0.786. The molecule has 0 aromatic heterocycles. The first-order valence-electron chi connectivity index (χ1n) is 13.7. The largest absolute Gasteiger partial charge is 0.432 e. The Morgan fingerprint density at radius 2 is 1.33 bits per heavy atom. The van der Waals surface area contributed by atoms with E-state index in [1.807, 2.05) is 0 Å². The molecule has 4 rings (SSSR count). The minimum atomic E-state index is -4.12. The first kappa shape index (κ1) is 27.4. The van der Waals surface area contributed by atoms with Crippen LogP contribution in [0.5, 0.6) is 5.75 Å². The molecule has 0 unspecified atom stereocenters. The van der Waals surface area contributed by atoms with E-state index in [9.17, 15) is 26.3 Å². The van der Waals surface area contributed by atoms with Gasteiger partial charge >= 0.3 is 18.0 Å². The summed E-state index contributed by atoms with van der Waals surface area (Å²) in [5.74, 6) is -7.19. The molecule has 204 valence electrons. The van der Waals surface area contributed by atoms with Crippen LogP contribution in [-0.2, 0) is 0 Å². The van der Waals surface area contributed by atoms with Crippen LogP contribution in [0.15, 0.2) is 24.3 Å². The maximum absolute atomic E-state index is 14.9. The molecule has 2 nitrogen and oxygen atoms in total. The number of hydrogen-bond donors (Lipinski definition) is 0. The van der Waals surface area contributed by atoms with Crippen molar-refractivity contribution in [2.24, 2.45) is 23.7 Å². The van der Waals surface area contributed by atoms with E-state index in [2.05, 4.69) is 6.92 Å². The Kier molecular flexibility index (Phi) is 8.40. The average Bonchev–Trinajstić information content (AvgIpc) is 3.07. The number of halogens is 6. The second-order valence-corrected chi connectivity index (χ2v) is 11.3. The molecule has 8 heteroatoms. The van der Waals surface area contributed by atoms with Crippen molar-refractivity contribution < 1.29 is 31.1 Å². The maximum atomic E-state index is 14.9. The lowest BCUT2D eigenvalue weighted by molar-refractivity contribution is -0.224. The van der Waals surface area contributed by atoms with Crippen LogP contribution in [0.3, 0.4) is 0 Å². The van der Waals surface area contributed by atoms with Gasteiger partial charge in [0.15, 0.2) is 0 Å². The predicted octanol–water partition coefficient (Wildman–Crippen LogP) is 8.94. The Morgan fingerprint density at radius 3 is 1.86 bits per heavy atom. The van der Waals surface area contributed by atoms with Gasteiger partial charge in [0, 0.05) is 5.69 Å². The Bertz CT molecular complexity index is 813. The fourth-order valence-corrected chi connectivity index (χ4v) is 6.47. The van der Waals surface area contributed by atoms with Gasteiger partial charge in [0.25, 0.3) is 0 Å². The zero-order chi connectivity index (χ0) is 26.0. The van der Waals surface area contributed by atoms with Crippen LogP contribution in [-0.4, -0.2) is 31.0 Å². The molecule has 2 saturated carbocycles. The molecule has 1 saturated heterocycles. The van der Waals surface area contributed by atoms with E-state index in [0.717, 1.165) is 23.7 Å². The minimum Gasteiger partial charge on any atom is -0.432 e. The fourth-order valence-electron chi connectivity index (χ4n) is 6.47. The predicted molar refractivity (Wildman–Crippen MR) is 129 cm³/mol. The number of rotatable bonds is 9. The van der Waals surface area contributed by atoms with Gasteiger partial charge in [-0.25, -0.2) is 0 Å². The van der Waals surface area contributed by atoms with Crippen LogP contribution in [0, 0.1) is 23.7 Å². The van der Waals surface area contributed by atoms with Gasteiger partial charge in [0.1, 0.15) is 5.75 Å². The first-order valence-corrected chi connectivity index (χ1v) is 13.7. The van der Waals surface area contributed by atoms with Crippen molar-refractivity contribution in [3.63, 3.8) is 0 Å². The van der Waals surface area contributed by atoms with Gasteiger partial charge in [0.2, 0.25) is 0 Å². The molecule has 0 radical (unpaired) electrons. The summed E-state index contributed by atoms with van der Waals surface area (Å²) < 4.78 is 88.8. The van der Waals surface area contributed by atoms with E-state index in [0.29, 0.717) is 24.7 Å². The Labute approximate surface area is 210 Å². The topological polar surface area (TPSA) is 12.5 Å². The number of nitrogens with zero attached hydrogens (tertiary/aromatic N) is 1. The molecule has 0 amide bonds. The van der Waals surface area contributed by atoms with Gasteiger partial charge in [-0.3, -0.25) is 0 Å². The third kappa shape index (κ3) is 6.27. The minimum absolute atomic E-state index is 0.0926. The van der Waals surface area contributed by atoms with E-state index in [1.54, 1.807) is 0 Å². The van der Waals surface area contributed by atoms with E-state index in [-0.39, 0.29) is 11.4 Å². The van der Waals surface area contributed by atoms with Gasteiger partial charge in [-0.1, -0.05) is 45.4 Å². The van der Waals surface area contributed by atoms with Crippen molar-refractivity contribution in [2.75, 3.05) is 18.0 Å². The van der Waals surface area contributed by atoms with Gasteiger partial charge in [0.05, 0.1) is 19.0 Å². The van der Waals surface area contributed by atoms with Crippen molar-refractivity contribution in [1.82, 2.24) is 0 Å². The molecule has 36 heavy (non-hydrogen) atoms. The van der Waals surface area contributed by atoms with Crippen molar-refractivity contribution in [1.29, 1.82) is 0 Å². The average molecular weight is 520 g/mol. The summed E-state index contributed by atoms with van der Waals surface area (Å²) >= 11 is 0. The summed E-state index contributed by atoms with van der Waals surface area (Å²) in [6.07, 6.45) is 9.29. The van der Waals surface area contributed by atoms with Gasteiger partial charge in [-0.15, -0.1) is 0 Å². The normalized spacial score (nSPS) is 30.4. The van der Waals surface area contributed by atoms with Crippen LogP contribution in [0.1, 0.15) is 84.0 Å². The van der Waals surface area contributed by atoms with Gasteiger partial charge in [-0.05, 0) is 80.5 Å². The van der Waals surface area contributed by atoms with Crippen LogP contribution < -0.4 is 9.64 Å². The van der Waals surface area contributed by atoms with Crippen molar-refractivity contribution in [2.45, 2.75) is 102 Å². The van der Waals surface area contributed by atoms with Gasteiger partial charge < -0.3 is 9.64 Å². The Hall–Kier alpha value is -1.60. The number of alkyl halides is 6. The van der Waals surface area contributed by atoms with Crippen molar-refractivity contribution in [3.05, 3.63) is 24.3 Å². The molecular weight excluding hydrogens is 480 g/mol. The molecule has 0 N–H and O–H groups in total. The summed E-state index contributed by atoms with van der Waals surface area (Å²) in [7, 11) is 0. The molecular formula is C28H39F6NO. The molecule has 2 aliphatic carbocycles. The first-order chi connectivity index (χ1) is 17.0. The molecule has 0 spiro atoms. The molecule has 0 atom stereocenters. The van der Waals surface area contributed by atoms with E-state index in [4.69, 9.17) is 4.74 Å². The van der Waals surface area contributed by atoms with Crippen LogP contribution >= 0.6 is 0 Å². The molecule has 1 aliphatic heterocycles. The maximum Gasteiger partial charge on any atom is 0.400 e. The third-order valence-corrected chi connectivity index (χ3v) is 8.79. The SMILES string of the molecule is CCCCCC1CCC(C2CCC(C(F)(F)Oc3ccc(N4CC(F)(F)C(F)(F)C4)cc3)CC2)CC1. The zero-order valence-corrected chi connectivity index (χ0v) is 21.1. The van der Waals surface area contributed by atoms with Gasteiger partial charge in [-0.2, -0.15) is 26.3 Å². The number of ether oxygens (including phenoxy) is 1. The second kappa shape index (κ2) is 11.0. The lowest BCUT2D eigenvalue weighted by atomic mass is 9.68. The molecule has 1 heterocycles. The van der Waals surface area contributed by atoms with E-state index < -0.39 is 37.0 Å². The standard InChI is InChI=1S/C28H39F6NO/c1-2-3-4-5-20-6-8-21(9-7-20)22-10-12-23(13-11-22)28(33,34)36-25-16-14-24(15-17-25)35-18-26(29,30)27(31,32)19-35/h14-17,20-23H,2-13,18-19H2,1H3. The Balaban J connectivity index is 1.24. The molecule has 1 aromatic carbocycles. The third-order valence-electron chi connectivity index (χ3n) is 8.79. The monoisotopic (exact) mass is 519 g/mol. The summed E-state index contributed by atoms with van der Waals surface area (Å²) in [5.41, 5.74) is 0.128. The highest BCUT2D eigenvalue weighted by molar-refractivity contribution is 5.51. The van der Waals surface area contributed by atoms with Crippen LogP contribution in [0.4, 0.5) is 32.0 Å². The van der Waals surface area contributed by atoms with E-state index >= 15 is 0 Å². The summed E-state index contributed by atoms with van der Waals surface area (Å²) in [6.45, 7) is 0.00446. The molecule has 0 bridgehead atoms. The lowest BCUT2D eigenvalue weighted by Gasteiger charge is -2.39. The molecule has 3 fully saturated rings. The molecule has 3 aliphatic rings. The quantitative estimate of drug-likeness (QED) is 0.239. The van der Waals surface area contributed by atoms with Crippen molar-refractivity contribution in [3.8, 4) is 5.75 Å². The number of anilines is 1. The highest BCUT2D eigenvalue weighted by Crippen LogP contribution is 2.46. The van der Waals surface area contributed by atoms with Crippen LogP contribution in [0.25, 0.3) is 0 Å². The van der Waals surface area contributed by atoms with Crippen molar-refractivity contribution >= 4 is 5.69 Å². The summed E-state index contributed by atoms with van der Waals surface area (Å²) in [5, 5.41) is 0. The zero-order valence-electron chi connectivity index (χ0n) is 21.1. The van der Waals surface area contributed by atoms with Crippen LogP contribution in [0.2, 0.25) is 0 Å². The number of hydrogen-bond acceptors (Lipinski definition) is 2.